The first-order valence-electron chi connectivity index (χ1n) is 13.1. The van der Waals surface area contributed by atoms with E-state index in [-0.39, 0.29) is 35.9 Å². The average molecular weight is 463 g/mol. The number of rotatable bonds is 6. The summed E-state index contributed by atoms with van der Waals surface area (Å²) >= 11 is 0. The molecule has 1 saturated heterocycles. The number of hydrogen-bond acceptors (Lipinski definition) is 5. The van der Waals surface area contributed by atoms with Crippen molar-refractivity contribution in [3.63, 3.8) is 0 Å². The van der Waals surface area contributed by atoms with Crippen LogP contribution in [0.3, 0.4) is 0 Å². The van der Waals surface area contributed by atoms with Crippen molar-refractivity contribution in [1.82, 2.24) is 4.90 Å². The third kappa shape index (κ3) is 6.17. The highest BCUT2D eigenvalue weighted by atomic mass is 16.6. The third-order valence-corrected chi connectivity index (χ3v) is 8.10. The molecule has 0 spiro atoms. The minimum absolute atomic E-state index is 0.0108. The zero-order valence-electron chi connectivity index (χ0n) is 21.7. The average Bonchev–Trinajstić information content (AvgIpc) is 3.30. The number of likely N-dealkylation sites (tertiary alicyclic amines) is 1. The number of ketones is 1. The Morgan fingerprint density at radius 2 is 1.58 bits per heavy atom. The number of fused-ring (bicyclic) bond motifs is 1. The Kier molecular flexibility index (Phi) is 7.97. The molecular formula is C27H46N2O4. The van der Waals surface area contributed by atoms with E-state index in [9.17, 15) is 14.4 Å². The van der Waals surface area contributed by atoms with E-state index < -0.39 is 29.0 Å². The normalized spacial score (nSPS) is 28.3. The molecule has 188 valence electrons. The molecule has 6 nitrogen and oxygen atoms in total. The van der Waals surface area contributed by atoms with Crippen LogP contribution in [0.25, 0.3) is 0 Å². The number of esters is 1. The Labute approximate surface area is 200 Å². The predicted octanol–water partition coefficient (Wildman–Crippen LogP) is 4.48. The van der Waals surface area contributed by atoms with Gasteiger partial charge in [0.2, 0.25) is 5.91 Å². The second-order valence-corrected chi connectivity index (χ2v) is 12.8. The Morgan fingerprint density at radius 1 is 0.939 bits per heavy atom. The zero-order valence-corrected chi connectivity index (χ0v) is 21.7. The number of Topliss-reactive ketones (excluding diaryl/α,β-unsaturated/α-hetero) is 1. The fourth-order valence-electron chi connectivity index (χ4n) is 6.25. The van der Waals surface area contributed by atoms with Gasteiger partial charge in [-0.05, 0) is 69.6 Å². The number of carbonyl (C=O) groups is 3. The van der Waals surface area contributed by atoms with Crippen LogP contribution in [0.5, 0.6) is 0 Å². The van der Waals surface area contributed by atoms with Crippen LogP contribution in [0, 0.1) is 29.1 Å². The first-order chi connectivity index (χ1) is 15.3. The van der Waals surface area contributed by atoms with Crippen LogP contribution in [-0.4, -0.2) is 46.8 Å². The maximum atomic E-state index is 14.0. The van der Waals surface area contributed by atoms with Gasteiger partial charge in [-0.15, -0.1) is 0 Å². The number of nitrogens with two attached hydrogens (primary N) is 1. The molecule has 0 radical (unpaired) electrons. The maximum absolute atomic E-state index is 14.0. The quantitative estimate of drug-likeness (QED) is 0.588. The van der Waals surface area contributed by atoms with E-state index in [0.717, 1.165) is 44.9 Å². The van der Waals surface area contributed by atoms with Crippen molar-refractivity contribution >= 4 is 17.7 Å². The van der Waals surface area contributed by atoms with Gasteiger partial charge in [0.1, 0.15) is 11.6 Å². The van der Waals surface area contributed by atoms with Crippen LogP contribution >= 0.6 is 0 Å². The molecule has 1 amide bonds. The topological polar surface area (TPSA) is 89.7 Å². The SMILES string of the molecule is CC(C)(C)OC(=O)[C@@H]1[C@H]2CCC[C@H]2CN1C(=O)[C@@H](CC(=O)[C@@H](N)C1CCCCC1)C(C)(C)C. The van der Waals surface area contributed by atoms with Gasteiger partial charge in [0, 0.05) is 18.9 Å². The molecule has 0 aromatic carbocycles. The van der Waals surface area contributed by atoms with Gasteiger partial charge >= 0.3 is 5.97 Å². The lowest BCUT2D eigenvalue weighted by molar-refractivity contribution is -0.166. The molecule has 0 unspecified atom stereocenters. The van der Waals surface area contributed by atoms with Gasteiger partial charge in [0.25, 0.3) is 0 Å². The van der Waals surface area contributed by atoms with Gasteiger partial charge in [0.05, 0.1) is 6.04 Å². The second kappa shape index (κ2) is 10.1. The Hall–Kier alpha value is -1.43. The van der Waals surface area contributed by atoms with Crippen molar-refractivity contribution in [2.24, 2.45) is 34.8 Å². The summed E-state index contributed by atoms with van der Waals surface area (Å²) in [4.78, 5) is 42.2. The fraction of sp³-hybridized carbons (Fsp3) is 0.889. The molecule has 1 heterocycles. The van der Waals surface area contributed by atoms with E-state index in [1.165, 1.54) is 6.42 Å². The number of ether oxygens (including phenoxy) is 1. The lowest BCUT2D eigenvalue weighted by Crippen LogP contribution is -2.51. The zero-order chi connectivity index (χ0) is 24.6. The van der Waals surface area contributed by atoms with E-state index in [2.05, 4.69) is 0 Å². The predicted molar refractivity (Wildman–Crippen MR) is 129 cm³/mol. The first kappa shape index (κ1) is 26.2. The minimum Gasteiger partial charge on any atom is -0.458 e. The van der Waals surface area contributed by atoms with Crippen LogP contribution < -0.4 is 5.73 Å². The number of nitrogens with zero attached hydrogens (tertiary/aromatic N) is 1. The van der Waals surface area contributed by atoms with Gasteiger partial charge in [-0.1, -0.05) is 46.5 Å². The van der Waals surface area contributed by atoms with Gasteiger partial charge in [-0.3, -0.25) is 9.59 Å². The maximum Gasteiger partial charge on any atom is 0.329 e. The number of carbonyl (C=O) groups excluding carboxylic acids is 3. The molecule has 2 saturated carbocycles. The lowest BCUT2D eigenvalue weighted by atomic mass is 9.74. The van der Waals surface area contributed by atoms with Crippen LogP contribution in [-0.2, 0) is 19.1 Å². The minimum atomic E-state index is -0.603. The highest BCUT2D eigenvalue weighted by molar-refractivity contribution is 5.92. The highest BCUT2D eigenvalue weighted by Crippen LogP contribution is 2.45. The van der Waals surface area contributed by atoms with Crippen molar-refractivity contribution < 1.29 is 19.1 Å². The summed E-state index contributed by atoms with van der Waals surface area (Å²) < 4.78 is 5.75. The molecule has 3 fully saturated rings. The summed E-state index contributed by atoms with van der Waals surface area (Å²) in [5, 5.41) is 0. The summed E-state index contributed by atoms with van der Waals surface area (Å²) in [6, 6.07) is -1.04. The van der Waals surface area contributed by atoms with Crippen molar-refractivity contribution in [2.75, 3.05) is 6.54 Å². The molecular weight excluding hydrogens is 416 g/mol. The fourth-order valence-corrected chi connectivity index (χ4v) is 6.25. The van der Waals surface area contributed by atoms with Crippen LogP contribution in [0.4, 0.5) is 0 Å². The number of amides is 1. The van der Waals surface area contributed by atoms with Gasteiger partial charge in [-0.2, -0.15) is 0 Å². The van der Waals surface area contributed by atoms with Gasteiger partial charge in [0.15, 0.2) is 5.78 Å². The van der Waals surface area contributed by atoms with Crippen LogP contribution in [0.1, 0.15) is 99.3 Å². The van der Waals surface area contributed by atoms with E-state index in [4.69, 9.17) is 10.5 Å². The summed E-state index contributed by atoms with van der Waals surface area (Å²) in [5.74, 6) is -0.175. The summed E-state index contributed by atoms with van der Waals surface area (Å²) in [5.41, 5.74) is 5.40. The largest absolute Gasteiger partial charge is 0.458 e. The molecule has 0 aromatic heterocycles. The molecule has 2 aliphatic carbocycles. The number of hydrogen-bond donors (Lipinski definition) is 1. The summed E-state index contributed by atoms with van der Waals surface area (Å²) in [6.45, 7) is 12.2. The Bertz CT molecular complexity index is 729. The molecule has 3 rings (SSSR count). The standard InChI is InChI=1S/C27H46N2O4/c1-26(2,3)20(15-21(30)22(28)17-11-8-7-9-12-17)24(31)29-16-18-13-10-14-19(18)23(29)25(32)33-27(4,5)6/h17-20,22-23H,7-16,28H2,1-6H3/t18-,19-,20+,22-,23-/m0/s1. The second-order valence-electron chi connectivity index (χ2n) is 12.8. The molecule has 33 heavy (non-hydrogen) atoms. The van der Waals surface area contributed by atoms with Crippen molar-refractivity contribution in [1.29, 1.82) is 0 Å². The lowest BCUT2D eigenvalue weighted by Gasteiger charge is -2.37. The first-order valence-corrected chi connectivity index (χ1v) is 13.1. The van der Waals surface area contributed by atoms with Gasteiger partial charge in [-0.25, -0.2) is 4.79 Å². The van der Waals surface area contributed by atoms with Crippen LogP contribution in [0.15, 0.2) is 0 Å². The van der Waals surface area contributed by atoms with E-state index >= 15 is 0 Å². The summed E-state index contributed by atoms with van der Waals surface area (Å²) in [6.07, 6.45) is 8.69. The van der Waals surface area contributed by atoms with E-state index in [0.29, 0.717) is 12.5 Å². The van der Waals surface area contributed by atoms with Crippen molar-refractivity contribution in [3.8, 4) is 0 Å². The molecule has 1 aliphatic heterocycles. The van der Waals surface area contributed by atoms with Gasteiger partial charge < -0.3 is 15.4 Å². The van der Waals surface area contributed by atoms with E-state index in [1.807, 2.05) is 41.5 Å². The highest BCUT2D eigenvalue weighted by Gasteiger charge is 2.52. The molecule has 2 N–H and O–H groups in total. The third-order valence-electron chi connectivity index (χ3n) is 8.10. The molecule has 0 aromatic rings. The smallest absolute Gasteiger partial charge is 0.329 e. The van der Waals surface area contributed by atoms with Crippen molar-refractivity contribution in [2.45, 2.75) is 117 Å². The molecule has 5 atom stereocenters. The van der Waals surface area contributed by atoms with Crippen LogP contribution in [0.2, 0.25) is 0 Å². The Morgan fingerprint density at radius 3 is 2.15 bits per heavy atom. The monoisotopic (exact) mass is 462 g/mol. The summed E-state index contributed by atoms with van der Waals surface area (Å²) in [7, 11) is 0. The van der Waals surface area contributed by atoms with E-state index in [1.54, 1.807) is 4.90 Å². The molecule has 3 aliphatic rings. The Balaban J connectivity index is 1.79. The van der Waals surface area contributed by atoms with Crippen molar-refractivity contribution in [3.05, 3.63) is 0 Å². The molecule has 6 heteroatoms. The molecule has 0 bridgehead atoms.